The van der Waals surface area contributed by atoms with E-state index in [0.717, 1.165) is 0 Å². The molecule has 17 heavy (non-hydrogen) atoms. The Morgan fingerprint density at radius 1 is 1.00 bits per heavy atom. The molecule has 3 nitrogen and oxygen atoms in total. The van der Waals surface area contributed by atoms with Gasteiger partial charge in [-0.05, 0) is 27.7 Å². The quantitative estimate of drug-likeness (QED) is 0.286. The molecule has 0 unspecified atom stereocenters. The second kappa shape index (κ2) is 5.71. The molecule has 0 aromatic heterocycles. The largest absolute Gasteiger partial charge is 0.416 e. The van der Waals surface area contributed by atoms with Crippen molar-refractivity contribution in [3.05, 3.63) is 0 Å². The fourth-order valence-corrected chi connectivity index (χ4v) is 3.49. The van der Waals surface area contributed by atoms with E-state index in [1.165, 1.54) is 27.7 Å². The van der Waals surface area contributed by atoms with Crippen molar-refractivity contribution in [3.63, 3.8) is 0 Å². The van der Waals surface area contributed by atoms with Crippen molar-refractivity contribution in [2.24, 2.45) is 0 Å². The molecule has 0 saturated heterocycles. The van der Waals surface area contributed by atoms with Crippen LogP contribution in [0.1, 0.15) is 27.7 Å². The molecule has 104 valence electrons. The smallest absolute Gasteiger partial charge is 0.301 e. The molecule has 0 heterocycles. The van der Waals surface area contributed by atoms with Gasteiger partial charge in [0.2, 0.25) is 0 Å². The van der Waals surface area contributed by atoms with Gasteiger partial charge < -0.3 is 9.05 Å². The first kappa shape index (κ1) is 17.6. The Morgan fingerprint density at radius 2 is 1.29 bits per heavy atom. The SMILES string of the molecule is CC(C)OP(=O)(OC(C)C)C(F)(F)C(F)(F)I. The fourth-order valence-electron chi connectivity index (χ4n) is 0.868. The summed E-state index contributed by atoms with van der Waals surface area (Å²) in [6, 6.07) is 0. The third-order valence-corrected chi connectivity index (χ3v) is 4.86. The minimum Gasteiger partial charge on any atom is -0.301 e. The van der Waals surface area contributed by atoms with E-state index in [4.69, 9.17) is 0 Å². The molecule has 0 saturated carbocycles. The van der Waals surface area contributed by atoms with Crippen molar-refractivity contribution < 1.29 is 31.2 Å². The summed E-state index contributed by atoms with van der Waals surface area (Å²) in [6.07, 6.45) is -1.85. The zero-order chi connectivity index (χ0) is 14.1. The zero-order valence-corrected chi connectivity index (χ0v) is 12.8. The van der Waals surface area contributed by atoms with Gasteiger partial charge in [-0.2, -0.15) is 17.6 Å². The van der Waals surface area contributed by atoms with Crippen LogP contribution < -0.4 is 0 Å². The van der Waals surface area contributed by atoms with E-state index >= 15 is 0 Å². The molecule has 0 aliphatic carbocycles. The number of hydrogen-bond donors (Lipinski definition) is 0. The van der Waals surface area contributed by atoms with Crippen LogP contribution in [0, 0.1) is 0 Å². The van der Waals surface area contributed by atoms with Crippen LogP contribution in [-0.4, -0.2) is 21.8 Å². The first-order valence-corrected chi connectivity index (χ1v) is 7.37. The standard InChI is InChI=1S/C8H14F4IO3P/c1-5(2)15-17(14,16-6(3)4)8(11,12)7(9,10)13/h5-6H,1-4H3. The number of halogens is 5. The average molecular weight is 392 g/mol. The van der Waals surface area contributed by atoms with Crippen molar-refractivity contribution >= 4 is 30.2 Å². The lowest BCUT2D eigenvalue weighted by Gasteiger charge is -2.31. The lowest BCUT2D eigenvalue weighted by Crippen LogP contribution is -2.37. The lowest BCUT2D eigenvalue weighted by atomic mass is 10.5. The van der Waals surface area contributed by atoms with E-state index in [0.29, 0.717) is 0 Å². The van der Waals surface area contributed by atoms with Gasteiger partial charge in [-0.25, -0.2) is 0 Å². The maximum Gasteiger partial charge on any atom is 0.416 e. The maximum atomic E-state index is 13.4. The van der Waals surface area contributed by atoms with Crippen LogP contribution >= 0.6 is 30.2 Å². The highest BCUT2D eigenvalue weighted by molar-refractivity contribution is 14.1. The van der Waals surface area contributed by atoms with Gasteiger partial charge in [-0.3, -0.25) is 4.57 Å². The van der Waals surface area contributed by atoms with E-state index < -0.39 is 29.4 Å². The van der Waals surface area contributed by atoms with E-state index in [1.807, 2.05) is 0 Å². The Balaban J connectivity index is 5.39. The molecule has 0 aromatic carbocycles. The molecule has 0 aliphatic rings. The molecule has 0 aliphatic heterocycles. The van der Waals surface area contributed by atoms with Crippen LogP contribution in [0.15, 0.2) is 0 Å². The topological polar surface area (TPSA) is 35.5 Å². The normalized spacial score (nSPS) is 14.8. The van der Waals surface area contributed by atoms with Gasteiger partial charge in [-0.15, -0.1) is 0 Å². The Morgan fingerprint density at radius 3 is 1.47 bits per heavy atom. The Kier molecular flexibility index (Phi) is 5.91. The van der Waals surface area contributed by atoms with Crippen LogP contribution in [0.2, 0.25) is 0 Å². The van der Waals surface area contributed by atoms with Crippen molar-refractivity contribution in [3.8, 4) is 0 Å². The second-order valence-electron chi connectivity index (χ2n) is 3.84. The monoisotopic (exact) mass is 392 g/mol. The highest BCUT2D eigenvalue weighted by Crippen LogP contribution is 2.69. The summed E-state index contributed by atoms with van der Waals surface area (Å²) in [4.78, 5) is 0. The van der Waals surface area contributed by atoms with Crippen molar-refractivity contribution in [1.82, 2.24) is 0 Å². The molecule has 0 rings (SSSR count). The Hall–Kier alpha value is 0.600. The predicted octanol–water partition coefficient (Wildman–Crippen LogP) is 4.65. The summed E-state index contributed by atoms with van der Waals surface area (Å²) in [6.45, 7) is 5.21. The molecule has 0 N–H and O–H groups in total. The third kappa shape index (κ3) is 4.33. The highest BCUT2D eigenvalue weighted by Gasteiger charge is 2.69. The second-order valence-corrected chi connectivity index (χ2v) is 7.18. The van der Waals surface area contributed by atoms with Gasteiger partial charge in [0.15, 0.2) is 0 Å². The summed E-state index contributed by atoms with van der Waals surface area (Å²) in [5.41, 5.74) is -4.88. The number of alkyl halides is 5. The molecule has 0 atom stereocenters. The van der Waals surface area contributed by atoms with Gasteiger partial charge in [0.05, 0.1) is 12.2 Å². The molecule has 0 amide bonds. The fraction of sp³-hybridized carbons (Fsp3) is 1.00. The van der Waals surface area contributed by atoms with E-state index in [9.17, 15) is 22.1 Å². The van der Waals surface area contributed by atoms with Crippen LogP contribution in [0.4, 0.5) is 17.6 Å². The van der Waals surface area contributed by atoms with Gasteiger partial charge >= 0.3 is 17.2 Å². The van der Waals surface area contributed by atoms with Gasteiger partial charge in [0.1, 0.15) is 0 Å². The zero-order valence-electron chi connectivity index (χ0n) is 9.72. The van der Waals surface area contributed by atoms with Crippen LogP contribution in [0.25, 0.3) is 0 Å². The van der Waals surface area contributed by atoms with Crippen molar-refractivity contribution in [1.29, 1.82) is 0 Å². The minimum atomic E-state index is -5.25. The van der Waals surface area contributed by atoms with E-state index in [2.05, 4.69) is 9.05 Å². The molecule has 9 heteroatoms. The molecular formula is C8H14F4IO3P. The third-order valence-electron chi connectivity index (χ3n) is 1.38. The van der Waals surface area contributed by atoms with E-state index in [1.54, 1.807) is 0 Å². The molecule has 0 radical (unpaired) electrons. The molecule has 0 bridgehead atoms. The van der Waals surface area contributed by atoms with Gasteiger partial charge in [0.25, 0.3) is 0 Å². The number of rotatable bonds is 6. The van der Waals surface area contributed by atoms with E-state index in [-0.39, 0.29) is 22.6 Å². The van der Waals surface area contributed by atoms with Crippen LogP contribution in [0.3, 0.4) is 0 Å². The summed E-state index contributed by atoms with van der Waals surface area (Å²) < 4.78 is 68.6. The summed E-state index contributed by atoms with van der Waals surface area (Å²) in [5.74, 6) is 0. The minimum absolute atomic E-state index is 0.223. The summed E-state index contributed by atoms with van der Waals surface area (Å²) in [5, 5.41) is 0. The molecule has 0 aromatic rings. The average Bonchev–Trinajstić information content (AvgIpc) is 1.97. The van der Waals surface area contributed by atoms with Crippen molar-refractivity contribution in [2.45, 2.75) is 49.5 Å². The molecular weight excluding hydrogens is 378 g/mol. The first-order valence-electron chi connectivity index (χ1n) is 4.75. The number of hydrogen-bond acceptors (Lipinski definition) is 3. The summed E-state index contributed by atoms with van der Waals surface area (Å²) in [7, 11) is -5.25. The van der Waals surface area contributed by atoms with Gasteiger partial charge in [-0.1, -0.05) is 0 Å². The summed E-state index contributed by atoms with van der Waals surface area (Å²) >= 11 is 0.223. The van der Waals surface area contributed by atoms with Crippen LogP contribution in [-0.2, 0) is 13.6 Å². The molecule has 0 spiro atoms. The Bertz CT molecular complexity index is 290. The first-order chi connectivity index (χ1) is 7.33. The predicted molar refractivity (Wildman–Crippen MR) is 64.0 cm³/mol. The molecule has 0 fully saturated rings. The van der Waals surface area contributed by atoms with Gasteiger partial charge in [0, 0.05) is 22.6 Å². The van der Waals surface area contributed by atoms with Crippen molar-refractivity contribution in [2.75, 3.05) is 0 Å². The highest BCUT2D eigenvalue weighted by atomic mass is 127. The maximum absolute atomic E-state index is 13.4. The lowest BCUT2D eigenvalue weighted by molar-refractivity contribution is -0.102. The Labute approximate surface area is 111 Å². The van der Waals surface area contributed by atoms with Crippen LogP contribution in [0.5, 0.6) is 0 Å².